The maximum Gasteiger partial charge on any atom is 0.264 e. The van der Waals surface area contributed by atoms with Crippen LogP contribution in [-0.4, -0.2) is 41.9 Å². The number of anilines is 3. The van der Waals surface area contributed by atoms with Gasteiger partial charge in [0, 0.05) is 23.5 Å². The molecule has 0 fully saturated rings. The monoisotopic (exact) mass is 375 g/mol. The standard InChI is InChI=1S/C20H17N5O3/c1-25-16-7-11(3-6-17(16)28-10-18(25)26)22-20-19-14(9-21-24-19)13-8-12(27-2)4-5-15(13)23-20/h3-9H,10H2,1-2H3,(H,21,24)(H,22,23). The first kappa shape index (κ1) is 16.4. The third kappa shape index (κ3) is 2.50. The number of aromatic amines is 1. The number of hydrogen-bond acceptors (Lipinski definition) is 6. The lowest BCUT2D eigenvalue weighted by atomic mass is 10.1. The van der Waals surface area contributed by atoms with E-state index in [-0.39, 0.29) is 12.5 Å². The molecular formula is C20H17N5O3. The van der Waals surface area contributed by atoms with Crippen molar-refractivity contribution in [1.82, 2.24) is 15.2 Å². The first-order chi connectivity index (χ1) is 13.6. The molecule has 0 radical (unpaired) electrons. The third-order valence-electron chi connectivity index (χ3n) is 4.91. The number of H-pyrrole nitrogens is 1. The molecule has 5 rings (SSSR count). The fourth-order valence-corrected chi connectivity index (χ4v) is 3.38. The van der Waals surface area contributed by atoms with E-state index in [1.807, 2.05) is 36.4 Å². The molecular weight excluding hydrogens is 358 g/mol. The number of methoxy groups -OCH3 is 1. The highest BCUT2D eigenvalue weighted by Gasteiger charge is 2.22. The van der Waals surface area contributed by atoms with Crippen molar-refractivity contribution in [1.29, 1.82) is 0 Å². The summed E-state index contributed by atoms with van der Waals surface area (Å²) in [6.45, 7) is 0.0563. The summed E-state index contributed by atoms with van der Waals surface area (Å²) >= 11 is 0. The van der Waals surface area contributed by atoms with Gasteiger partial charge in [0.05, 0.1) is 24.5 Å². The number of nitrogens with one attached hydrogen (secondary N) is 2. The Bertz CT molecular complexity index is 1230. The summed E-state index contributed by atoms with van der Waals surface area (Å²) in [5.74, 6) is 2.01. The Kier molecular flexibility index (Phi) is 3.58. The molecule has 0 unspecified atom stereocenters. The number of amides is 1. The predicted molar refractivity (Wildman–Crippen MR) is 107 cm³/mol. The van der Waals surface area contributed by atoms with Crippen LogP contribution in [0.15, 0.2) is 42.6 Å². The summed E-state index contributed by atoms with van der Waals surface area (Å²) in [6.07, 6.45) is 1.77. The zero-order valence-electron chi connectivity index (χ0n) is 15.3. The number of pyridine rings is 1. The number of ether oxygens (including phenoxy) is 2. The van der Waals surface area contributed by atoms with Crippen molar-refractivity contribution in [3.05, 3.63) is 42.6 Å². The first-order valence-corrected chi connectivity index (χ1v) is 8.75. The molecule has 3 heterocycles. The highest BCUT2D eigenvalue weighted by atomic mass is 16.5. The molecule has 1 aliphatic rings. The highest BCUT2D eigenvalue weighted by Crippen LogP contribution is 2.36. The average molecular weight is 375 g/mol. The van der Waals surface area contributed by atoms with E-state index in [4.69, 9.17) is 14.5 Å². The van der Waals surface area contributed by atoms with Crippen LogP contribution >= 0.6 is 0 Å². The number of benzene rings is 2. The van der Waals surface area contributed by atoms with Gasteiger partial charge in [0.2, 0.25) is 0 Å². The van der Waals surface area contributed by atoms with E-state index in [9.17, 15) is 4.79 Å². The molecule has 8 nitrogen and oxygen atoms in total. The number of carbonyl (C=O) groups excluding carboxylic acids is 1. The second-order valence-corrected chi connectivity index (χ2v) is 6.55. The normalized spacial score (nSPS) is 13.5. The van der Waals surface area contributed by atoms with Crippen LogP contribution in [0.25, 0.3) is 21.8 Å². The molecule has 0 saturated carbocycles. The van der Waals surface area contributed by atoms with Gasteiger partial charge >= 0.3 is 0 Å². The van der Waals surface area contributed by atoms with Gasteiger partial charge in [0.1, 0.15) is 17.0 Å². The van der Waals surface area contributed by atoms with Gasteiger partial charge in [0.15, 0.2) is 12.4 Å². The topological polar surface area (TPSA) is 92.4 Å². The Hall–Kier alpha value is -3.81. The molecule has 8 heteroatoms. The van der Waals surface area contributed by atoms with E-state index in [0.29, 0.717) is 17.3 Å². The van der Waals surface area contributed by atoms with Crippen LogP contribution < -0.4 is 19.7 Å². The van der Waals surface area contributed by atoms with Crippen molar-refractivity contribution in [2.45, 2.75) is 0 Å². The van der Waals surface area contributed by atoms with E-state index >= 15 is 0 Å². The molecule has 0 atom stereocenters. The van der Waals surface area contributed by atoms with Crippen LogP contribution in [0.4, 0.5) is 17.2 Å². The van der Waals surface area contributed by atoms with E-state index in [0.717, 1.165) is 33.2 Å². The van der Waals surface area contributed by atoms with Crippen LogP contribution in [-0.2, 0) is 4.79 Å². The van der Waals surface area contributed by atoms with Crippen molar-refractivity contribution in [2.75, 3.05) is 31.0 Å². The van der Waals surface area contributed by atoms with Gasteiger partial charge in [-0.2, -0.15) is 5.10 Å². The SMILES string of the molecule is COc1ccc2nc(Nc3ccc4c(c3)N(C)C(=O)CO4)c3[nH]ncc3c2c1. The second kappa shape index (κ2) is 6.12. The summed E-state index contributed by atoms with van der Waals surface area (Å²) in [4.78, 5) is 18.2. The molecule has 4 aromatic rings. The van der Waals surface area contributed by atoms with Crippen LogP contribution in [0.1, 0.15) is 0 Å². The Labute approximate surface area is 160 Å². The Morgan fingerprint density at radius 3 is 2.96 bits per heavy atom. The van der Waals surface area contributed by atoms with Crippen LogP contribution in [0, 0.1) is 0 Å². The molecule has 2 aromatic carbocycles. The van der Waals surface area contributed by atoms with Gasteiger partial charge in [-0.15, -0.1) is 0 Å². The van der Waals surface area contributed by atoms with Gasteiger partial charge in [-0.3, -0.25) is 9.89 Å². The fraction of sp³-hybridized carbons (Fsp3) is 0.150. The van der Waals surface area contributed by atoms with Crippen molar-refractivity contribution >= 4 is 44.9 Å². The van der Waals surface area contributed by atoms with Gasteiger partial charge in [-0.25, -0.2) is 4.98 Å². The first-order valence-electron chi connectivity index (χ1n) is 8.75. The van der Waals surface area contributed by atoms with E-state index in [1.165, 1.54) is 0 Å². The number of carbonyl (C=O) groups is 1. The van der Waals surface area contributed by atoms with Gasteiger partial charge in [0.25, 0.3) is 5.91 Å². The molecule has 0 spiro atoms. The van der Waals surface area contributed by atoms with E-state index < -0.39 is 0 Å². The molecule has 1 amide bonds. The van der Waals surface area contributed by atoms with Crippen LogP contribution in [0.2, 0.25) is 0 Å². The molecule has 1 aliphatic heterocycles. The summed E-state index contributed by atoms with van der Waals surface area (Å²) in [7, 11) is 3.38. The number of fused-ring (bicyclic) bond motifs is 4. The number of nitrogens with zero attached hydrogens (tertiary/aromatic N) is 3. The van der Waals surface area contributed by atoms with E-state index in [1.54, 1.807) is 25.3 Å². The molecule has 0 bridgehead atoms. The smallest absolute Gasteiger partial charge is 0.264 e. The molecule has 2 aromatic heterocycles. The lowest BCUT2D eigenvalue weighted by Gasteiger charge is -2.26. The molecule has 28 heavy (non-hydrogen) atoms. The fourth-order valence-electron chi connectivity index (χ4n) is 3.38. The van der Waals surface area contributed by atoms with Crippen molar-refractivity contribution < 1.29 is 14.3 Å². The lowest BCUT2D eigenvalue weighted by molar-refractivity contribution is -0.120. The molecule has 140 valence electrons. The third-order valence-corrected chi connectivity index (χ3v) is 4.91. The summed E-state index contributed by atoms with van der Waals surface area (Å²) < 4.78 is 10.8. The van der Waals surface area contributed by atoms with Crippen molar-refractivity contribution in [3.63, 3.8) is 0 Å². The summed E-state index contributed by atoms with van der Waals surface area (Å²) in [6, 6.07) is 11.3. The van der Waals surface area contributed by atoms with E-state index in [2.05, 4.69) is 15.5 Å². The minimum absolute atomic E-state index is 0.0563. The van der Waals surface area contributed by atoms with Crippen molar-refractivity contribution in [2.24, 2.45) is 0 Å². The zero-order chi connectivity index (χ0) is 19.3. The number of aromatic nitrogens is 3. The number of likely N-dealkylation sites (N-methyl/N-ethyl adjacent to an activating group) is 1. The maximum absolute atomic E-state index is 11.9. The van der Waals surface area contributed by atoms with Gasteiger partial charge in [-0.05, 0) is 36.4 Å². The van der Waals surface area contributed by atoms with Crippen molar-refractivity contribution in [3.8, 4) is 11.5 Å². The highest BCUT2D eigenvalue weighted by molar-refractivity contribution is 6.09. The predicted octanol–water partition coefficient (Wildman–Crippen LogP) is 3.22. The Morgan fingerprint density at radius 2 is 2.11 bits per heavy atom. The van der Waals surface area contributed by atoms with Gasteiger partial charge < -0.3 is 19.7 Å². The Morgan fingerprint density at radius 1 is 1.21 bits per heavy atom. The maximum atomic E-state index is 11.9. The Balaban J connectivity index is 1.60. The lowest BCUT2D eigenvalue weighted by Crippen LogP contribution is -2.35. The quantitative estimate of drug-likeness (QED) is 0.571. The molecule has 2 N–H and O–H groups in total. The zero-order valence-corrected chi connectivity index (χ0v) is 15.3. The average Bonchev–Trinajstić information content (AvgIpc) is 3.21. The molecule has 0 aliphatic carbocycles. The van der Waals surface area contributed by atoms with Crippen LogP contribution in [0.5, 0.6) is 11.5 Å². The minimum Gasteiger partial charge on any atom is -0.497 e. The summed E-state index contributed by atoms with van der Waals surface area (Å²) in [5, 5.41) is 12.4. The van der Waals surface area contributed by atoms with Gasteiger partial charge in [-0.1, -0.05) is 0 Å². The number of rotatable bonds is 3. The second-order valence-electron chi connectivity index (χ2n) is 6.55. The number of hydrogen-bond donors (Lipinski definition) is 2. The van der Waals surface area contributed by atoms with Crippen LogP contribution in [0.3, 0.4) is 0 Å². The summed E-state index contributed by atoms with van der Waals surface area (Å²) in [5.41, 5.74) is 3.12. The molecule has 0 saturated heterocycles. The largest absolute Gasteiger partial charge is 0.497 e. The minimum atomic E-state index is -0.0848.